The number of unbranched alkanes of at least 4 members (excludes halogenated alkanes) is 2. The fraction of sp³-hybridized carbons (Fsp3) is 1.00. The van der Waals surface area contributed by atoms with Crippen LogP contribution in [0.1, 0.15) is 46.5 Å². The number of rotatable bonds is 7. The van der Waals surface area contributed by atoms with Crippen molar-refractivity contribution in [2.45, 2.75) is 58.8 Å². The molecule has 1 fully saturated rings. The van der Waals surface area contributed by atoms with Crippen LogP contribution in [0, 0.1) is 11.8 Å². The second-order valence-corrected chi connectivity index (χ2v) is 5.55. The van der Waals surface area contributed by atoms with E-state index in [9.17, 15) is 0 Å². The van der Waals surface area contributed by atoms with Crippen LogP contribution in [0.2, 0.25) is 0 Å². The quantitative estimate of drug-likeness (QED) is 0.396. The molecule has 1 saturated heterocycles. The van der Waals surface area contributed by atoms with Gasteiger partial charge in [-0.1, -0.05) is 55.7 Å². The molecule has 1 aliphatic rings. The lowest BCUT2D eigenvalue weighted by atomic mass is 9.91. The zero-order chi connectivity index (χ0) is 12.0. The van der Waals surface area contributed by atoms with E-state index in [1.54, 1.807) is 0 Å². The fourth-order valence-electron chi connectivity index (χ4n) is 2.41. The molecule has 0 radical (unpaired) electrons. The van der Waals surface area contributed by atoms with Crippen LogP contribution in [-0.2, 0) is 9.47 Å². The van der Waals surface area contributed by atoms with Crippen LogP contribution in [0.15, 0.2) is 0 Å². The third kappa shape index (κ3) is 3.84. The Labute approximate surface area is 114 Å². The fourth-order valence-corrected chi connectivity index (χ4v) is 3.78. The van der Waals surface area contributed by atoms with Gasteiger partial charge >= 0.3 is 0 Å². The van der Waals surface area contributed by atoms with Crippen molar-refractivity contribution in [2.75, 3.05) is 11.0 Å². The SMILES string of the molecule is CCCCCC1OC(OCC)C(C)C1CI. The van der Waals surface area contributed by atoms with Gasteiger partial charge in [0, 0.05) is 22.9 Å². The highest BCUT2D eigenvalue weighted by Gasteiger charge is 2.40. The first-order valence-corrected chi connectivity index (χ1v) is 8.10. The van der Waals surface area contributed by atoms with Crippen LogP contribution in [0.5, 0.6) is 0 Å². The summed E-state index contributed by atoms with van der Waals surface area (Å²) in [5, 5.41) is 0. The molecule has 4 atom stereocenters. The van der Waals surface area contributed by atoms with E-state index in [2.05, 4.69) is 36.4 Å². The van der Waals surface area contributed by atoms with E-state index in [-0.39, 0.29) is 6.29 Å². The van der Waals surface area contributed by atoms with Crippen LogP contribution < -0.4 is 0 Å². The molecule has 2 nitrogen and oxygen atoms in total. The minimum absolute atomic E-state index is 0.0383. The normalized spacial score (nSPS) is 34.5. The Hall–Kier alpha value is 0.650. The largest absolute Gasteiger partial charge is 0.353 e. The minimum Gasteiger partial charge on any atom is -0.353 e. The standard InChI is InChI=1S/C13H25IO2/c1-4-6-7-8-12-11(9-14)10(3)13(16-12)15-5-2/h10-13H,4-9H2,1-3H3. The number of halogens is 1. The highest BCUT2D eigenvalue weighted by atomic mass is 127. The second kappa shape index (κ2) is 7.88. The first-order valence-electron chi connectivity index (χ1n) is 6.57. The van der Waals surface area contributed by atoms with Gasteiger partial charge in [0.1, 0.15) is 0 Å². The Bertz CT molecular complexity index is 187. The minimum atomic E-state index is 0.0383. The van der Waals surface area contributed by atoms with Crippen molar-refractivity contribution < 1.29 is 9.47 Å². The summed E-state index contributed by atoms with van der Waals surface area (Å²) in [5.41, 5.74) is 0. The molecule has 0 aromatic rings. The molecule has 0 saturated carbocycles. The van der Waals surface area contributed by atoms with Crippen molar-refractivity contribution in [1.29, 1.82) is 0 Å². The van der Waals surface area contributed by atoms with Gasteiger partial charge in [0.2, 0.25) is 0 Å². The number of hydrogen-bond acceptors (Lipinski definition) is 2. The molecular formula is C13H25IO2. The number of hydrogen-bond donors (Lipinski definition) is 0. The molecule has 4 unspecified atom stereocenters. The average molecular weight is 340 g/mol. The van der Waals surface area contributed by atoms with Gasteiger partial charge in [-0.25, -0.2) is 0 Å². The topological polar surface area (TPSA) is 18.5 Å². The Kier molecular flexibility index (Phi) is 7.24. The van der Waals surface area contributed by atoms with Gasteiger partial charge in [-0.15, -0.1) is 0 Å². The van der Waals surface area contributed by atoms with Gasteiger partial charge in [-0.2, -0.15) is 0 Å². The van der Waals surface area contributed by atoms with Gasteiger partial charge in [0.15, 0.2) is 6.29 Å². The molecule has 0 spiro atoms. The Morgan fingerprint density at radius 2 is 2.00 bits per heavy atom. The van der Waals surface area contributed by atoms with Crippen molar-refractivity contribution in [1.82, 2.24) is 0 Å². The molecule has 1 heterocycles. The number of ether oxygens (including phenoxy) is 2. The Morgan fingerprint density at radius 1 is 1.25 bits per heavy atom. The summed E-state index contributed by atoms with van der Waals surface area (Å²) in [6.45, 7) is 7.31. The molecule has 0 amide bonds. The lowest BCUT2D eigenvalue weighted by Crippen LogP contribution is -2.22. The summed E-state index contributed by atoms with van der Waals surface area (Å²) in [6, 6.07) is 0. The van der Waals surface area contributed by atoms with Crippen molar-refractivity contribution in [2.24, 2.45) is 11.8 Å². The summed E-state index contributed by atoms with van der Waals surface area (Å²) in [7, 11) is 0. The third-order valence-corrected chi connectivity index (χ3v) is 4.51. The zero-order valence-electron chi connectivity index (χ0n) is 10.7. The van der Waals surface area contributed by atoms with Crippen molar-refractivity contribution in [3.8, 4) is 0 Å². The van der Waals surface area contributed by atoms with Crippen molar-refractivity contribution in [3.05, 3.63) is 0 Å². The van der Waals surface area contributed by atoms with E-state index in [4.69, 9.17) is 9.47 Å². The molecule has 0 bridgehead atoms. The van der Waals surface area contributed by atoms with E-state index in [0.29, 0.717) is 17.9 Å². The van der Waals surface area contributed by atoms with Crippen molar-refractivity contribution in [3.63, 3.8) is 0 Å². The first-order chi connectivity index (χ1) is 7.74. The first kappa shape index (κ1) is 14.7. The number of alkyl halides is 1. The molecule has 16 heavy (non-hydrogen) atoms. The summed E-state index contributed by atoms with van der Waals surface area (Å²) < 4.78 is 12.9. The molecule has 1 aliphatic heterocycles. The van der Waals surface area contributed by atoms with Crippen LogP contribution in [0.3, 0.4) is 0 Å². The molecule has 0 N–H and O–H groups in total. The monoisotopic (exact) mass is 340 g/mol. The maximum atomic E-state index is 6.04. The van der Waals surface area contributed by atoms with Gasteiger partial charge in [-0.05, 0) is 13.3 Å². The maximum absolute atomic E-state index is 6.04. The highest BCUT2D eigenvalue weighted by molar-refractivity contribution is 14.1. The third-order valence-electron chi connectivity index (χ3n) is 3.49. The summed E-state index contributed by atoms with van der Waals surface area (Å²) >= 11 is 2.48. The lowest BCUT2D eigenvalue weighted by molar-refractivity contribution is -0.145. The van der Waals surface area contributed by atoms with Crippen molar-refractivity contribution >= 4 is 22.6 Å². The van der Waals surface area contributed by atoms with Crippen LogP contribution in [-0.4, -0.2) is 23.4 Å². The van der Waals surface area contributed by atoms with Gasteiger partial charge in [-0.3, -0.25) is 0 Å². The molecule has 1 rings (SSSR count). The summed E-state index contributed by atoms with van der Waals surface area (Å²) in [5.74, 6) is 1.22. The summed E-state index contributed by atoms with van der Waals surface area (Å²) in [4.78, 5) is 0. The lowest BCUT2D eigenvalue weighted by Gasteiger charge is -2.17. The maximum Gasteiger partial charge on any atom is 0.160 e. The predicted molar refractivity (Wildman–Crippen MR) is 76.0 cm³/mol. The summed E-state index contributed by atoms with van der Waals surface area (Å²) in [6.07, 6.45) is 5.56. The second-order valence-electron chi connectivity index (χ2n) is 4.67. The smallest absolute Gasteiger partial charge is 0.160 e. The van der Waals surface area contributed by atoms with Gasteiger partial charge in [0.05, 0.1) is 6.10 Å². The van der Waals surface area contributed by atoms with E-state index >= 15 is 0 Å². The average Bonchev–Trinajstić information content (AvgIpc) is 2.57. The van der Waals surface area contributed by atoms with E-state index in [0.717, 1.165) is 6.61 Å². The molecule has 0 aromatic carbocycles. The van der Waals surface area contributed by atoms with Gasteiger partial charge in [0.25, 0.3) is 0 Å². The van der Waals surface area contributed by atoms with E-state index in [1.165, 1.54) is 30.1 Å². The molecule has 96 valence electrons. The Balaban J connectivity index is 2.43. The Morgan fingerprint density at radius 3 is 2.56 bits per heavy atom. The molecule has 3 heteroatoms. The molecule has 0 aromatic heterocycles. The zero-order valence-corrected chi connectivity index (χ0v) is 12.9. The molecular weight excluding hydrogens is 315 g/mol. The predicted octanol–water partition coefficient (Wildman–Crippen LogP) is 4.02. The van der Waals surface area contributed by atoms with Crippen LogP contribution in [0.25, 0.3) is 0 Å². The van der Waals surface area contributed by atoms with Gasteiger partial charge < -0.3 is 9.47 Å². The van der Waals surface area contributed by atoms with E-state index < -0.39 is 0 Å². The molecule has 0 aliphatic carbocycles. The van der Waals surface area contributed by atoms with Crippen LogP contribution >= 0.6 is 22.6 Å². The van der Waals surface area contributed by atoms with E-state index in [1.807, 2.05) is 6.92 Å². The highest BCUT2D eigenvalue weighted by Crippen LogP contribution is 2.36. The van der Waals surface area contributed by atoms with Crippen LogP contribution in [0.4, 0.5) is 0 Å².